The third kappa shape index (κ3) is 4.48. The third-order valence-electron chi connectivity index (χ3n) is 3.12. The fourth-order valence-electron chi connectivity index (χ4n) is 1.87. The molecule has 4 N–H and O–H groups in total. The van der Waals surface area contributed by atoms with Gasteiger partial charge < -0.3 is 21.2 Å². The van der Waals surface area contributed by atoms with E-state index in [1.165, 1.54) is 11.9 Å². The molecule has 7 heteroatoms. The Morgan fingerprint density at radius 3 is 2.52 bits per heavy atom. The Morgan fingerprint density at radius 1 is 1.38 bits per heavy atom. The second kappa shape index (κ2) is 7.88. The monoisotopic (exact) mass is 292 g/mol. The number of nitrogens with two attached hydrogens (primary N) is 1. The average molecular weight is 292 g/mol. The summed E-state index contributed by atoms with van der Waals surface area (Å²) in [7, 11) is 3.11. The van der Waals surface area contributed by atoms with E-state index < -0.39 is 5.92 Å². The summed E-state index contributed by atoms with van der Waals surface area (Å²) in [6.45, 7) is 0.251. The predicted molar refractivity (Wildman–Crippen MR) is 78.9 cm³/mol. The Hall–Kier alpha value is -2.57. The van der Waals surface area contributed by atoms with Crippen molar-refractivity contribution in [3.8, 4) is 0 Å². The van der Waals surface area contributed by atoms with E-state index in [1.807, 2.05) is 6.07 Å². The lowest BCUT2D eigenvalue weighted by molar-refractivity contribution is -0.130. The number of amidine groups is 1. The molecule has 1 aromatic carbocycles. The van der Waals surface area contributed by atoms with Crippen molar-refractivity contribution in [3.63, 3.8) is 0 Å². The van der Waals surface area contributed by atoms with Crippen LogP contribution < -0.4 is 11.1 Å². The van der Waals surface area contributed by atoms with Crippen LogP contribution in [-0.4, -0.2) is 48.4 Å². The van der Waals surface area contributed by atoms with Gasteiger partial charge in [-0.15, -0.1) is 0 Å². The zero-order chi connectivity index (χ0) is 15.8. The minimum Gasteiger partial charge on any atom is -0.409 e. The average Bonchev–Trinajstić information content (AvgIpc) is 2.52. The first-order valence-electron chi connectivity index (χ1n) is 6.49. The van der Waals surface area contributed by atoms with E-state index in [0.717, 1.165) is 0 Å². The van der Waals surface area contributed by atoms with Crippen molar-refractivity contribution in [1.82, 2.24) is 10.2 Å². The molecule has 0 saturated carbocycles. The van der Waals surface area contributed by atoms with E-state index in [-0.39, 0.29) is 30.6 Å². The van der Waals surface area contributed by atoms with Gasteiger partial charge in [0, 0.05) is 27.1 Å². The number of amides is 2. The maximum atomic E-state index is 12.5. The largest absolute Gasteiger partial charge is 0.409 e. The molecular formula is C14H20N4O3. The summed E-state index contributed by atoms with van der Waals surface area (Å²) in [4.78, 5) is 25.1. The van der Waals surface area contributed by atoms with Gasteiger partial charge in [-0.05, 0) is 5.56 Å². The van der Waals surface area contributed by atoms with Crippen LogP contribution in [0.15, 0.2) is 35.5 Å². The van der Waals surface area contributed by atoms with Crippen LogP contribution in [0.25, 0.3) is 0 Å². The number of nitrogens with zero attached hydrogens (tertiary/aromatic N) is 2. The molecule has 0 aliphatic carbocycles. The highest BCUT2D eigenvalue weighted by molar-refractivity contribution is 6.07. The summed E-state index contributed by atoms with van der Waals surface area (Å²) in [5.74, 6) is -1.54. The number of hydrogen-bond acceptors (Lipinski definition) is 4. The molecule has 1 aromatic rings. The van der Waals surface area contributed by atoms with Crippen LogP contribution >= 0.6 is 0 Å². The number of carbonyl (C=O) groups excluding carboxylic acids is 2. The molecule has 0 bridgehead atoms. The number of likely N-dealkylation sites (N-methyl/N-ethyl adjacent to an activating group) is 1. The van der Waals surface area contributed by atoms with Gasteiger partial charge in [-0.3, -0.25) is 9.59 Å². The fraction of sp³-hybridized carbons (Fsp3) is 0.357. The highest BCUT2D eigenvalue weighted by Gasteiger charge is 2.28. The van der Waals surface area contributed by atoms with E-state index in [1.54, 1.807) is 31.3 Å². The second-order valence-corrected chi connectivity index (χ2v) is 4.55. The van der Waals surface area contributed by atoms with Crippen molar-refractivity contribution in [1.29, 1.82) is 0 Å². The van der Waals surface area contributed by atoms with Crippen LogP contribution in [0.4, 0.5) is 0 Å². The molecule has 1 rings (SSSR count). The molecule has 2 amide bonds. The zero-order valence-electron chi connectivity index (χ0n) is 12.1. The van der Waals surface area contributed by atoms with Crippen LogP contribution in [-0.2, 0) is 9.59 Å². The number of hydrogen-bond donors (Lipinski definition) is 3. The molecule has 0 aromatic heterocycles. The van der Waals surface area contributed by atoms with E-state index in [0.29, 0.717) is 5.56 Å². The number of benzene rings is 1. The van der Waals surface area contributed by atoms with E-state index in [9.17, 15) is 9.59 Å². The Kier molecular flexibility index (Phi) is 6.19. The smallest absolute Gasteiger partial charge is 0.237 e. The molecule has 7 nitrogen and oxygen atoms in total. The first kappa shape index (κ1) is 16.5. The molecule has 114 valence electrons. The molecule has 0 saturated heterocycles. The van der Waals surface area contributed by atoms with Crippen molar-refractivity contribution in [3.05, 3.63) is 35.9 Å². The summed E-state index contributed by atoms with van der Waals surface area (Å²) in [6.07, 6.45) is 0.191. The second-order valence-electron chi connectivity index (χ2n) is 4.55. The predicted octanol–water partition coefficient (Wildman–Crippen LogP) is 0.111. The fourth-order valence-corrected chi connectivity index (χ4v) is 1.87. The maximum Gasteiger partial charge on any atom is 0.237 e. The first-order chi connectivity index (χ1) is 10.0. The van der Waals surface area contributed by atoms with Gasteiger partial charge in [0.25, 0.3) is 0 Å². The molecule has 0 spiro atoms. The van der Waals surface area contributed by atoms with Gasteiger partial charge in [0.15, 0.2) is 5.84 Å². The first-order valence-corrected chi connectivity index (χ1v) is 6.49. The Labute approximate surface area is 123 Å². The lowest BCUT2D eigenvalue weighted by Gasteiger charge is -2.23. The zero-order valence-corrected chi connectivity index (χ0v) is 12.1. The molecule has 21 heavy (non-hydrogen) atoms. The highest BCUT2D eigenvalue weighted by Crippen LogP contribution is 2.18. The summed E-state index contributed by atoms with van der Waals surface area (Å²) in [5, 5.41) is 14.3. The number of carbonyl (C=O) groups is 2. The van der Waals surface area contributed by atoms with Gasteiger partial charge >= 0.3 is 0 Å². The summed E-state index contributed by atoms with van der Waals surface area (Å²) in [5.41, 5.74) is 6.27. The van der Waals surface area contributed by atoms with Crippen LogP contribution in [0.1, 0.15) is 17.9 Å². The molecule has 0 aliphatic rings. The van der Waals surface area contributed by atoms with Crippen molar-refractivity contribution in [2.75, 3.05) is 20.6 Å². The van der Waals surface area contributed by atoms with Crippen molar-refractivity contribution < 1.29 is 14.8 Å². The van der Waals surface area contributed by atoms with Crippen LogP contribution in [0.2, 0.25) is 0 Å². The van der Waals surface area contributed by atoms with Crippen LogP contribution in [0.5, 0.6) is 0 Å². The highest BCUT2D eigenvalue weighted by atomic mass is 16.4. The van der Waals surface area contributed by atoms with Gasteiger partial charge in [0.2, 0.25) is 11.8 Å². The molecule has 0 radical (unpaired) electrons. The minimum atomic E-state index is -0.870. The lowest BCUT2D eigenvalue weighted by atomic mass is 9.96. The van der Waals surface area contributed by atoms with Gasteiger partial charge in [0.1, 0.15) is 5.92 Å². The number of nitrogens with one attached hydrogen (secondary N) is 1. The Morgan fingerprint density at radius 2 is 2.00 bits per heavy atom. The molecular weight excluding hydrogens is 272 g/mol. The lowest BCUT2D eigenvalue weighted by Crippen LogP contribution is -2.40. The van der Waals surface area contributed by atoms with E-state index >= 15 is 0 Å². The summed E-state index contributed by atoms with van der Waals surface area (Å²) >= 11 is 0. The van der Waals surface area contributed by atoms with Gasteiger partial charge in [-0.2, -0.15) is 0 Å². The maximum absolute atomic E-state index is 12.5. The normalized spacial score (nSPS) is 12.6. The Balaban J connectivity index is 2.89. The van der Waals surface area contributed by atoms with Crippen molar-refractivity contribution in [2.24, 2.45) is 10.9 Å². The van der Waals surface area contributed by atoms with Gasteiger partial charge in [-0.25, -0.2) is 0 Å². The summed E-state index contributed by atoms with van der Waals surface area (Å²) in [6, 6.07) is 8.81. The standard InChI is InChI=1S/C14H20N4O3/c1-16-11(19)8-9-18(2)14(20)12(13(15)17-21)10-6-4-3-5-7-10/h3-7,12,21H,8-9H2,1-2H3,(H2,15,17)(H,16,19). The number of oxime groups is 1. The summed E-state index contributed by atoms with van der Waals surface area (Å²) < 4.78 is 0. The molecule has 1 unspecified atom stereocenters. The topological polar surface area (TPSA) is 108 Å². The molecule has 0 heterocycles. The van der Waals surface area contributed by atoms with Crippen LogP contribution in [0, 0.1) is 0 Å². The van der Waals surface area contributed by atoms with E-state index in [4.69, 9.17) is 10.9 Å². The molecule has 0 fully saturated rings. The third-order valence-corrected chi connectivity index (χ3v) is 3.12. The van der Waals surface area contributed by atoms with E-state index in [2.05, 4.69) is 10.5 Å². The minimum absolute atomic E-state index is 0.158. The Bertz CT molecular complexity index is 516. The molecule has 1 atom stereocenters. The quantitative estimate of drug-likeness (QED) is 0.299. The molecule has 0 aliphatic heterocycles. The van der Waals surface area contributed by atoms with Crippen molar-refractivity contribution in [2.45, 2.75) is 12.3 Å². The van der Waals surface area contributed by atoms with Gasteiger partial charge in [-0.1, -0.05) is 35.5 Å². The SMILES string of the molecule is CNC(=O)CCN(C)C(=O)C(/C(N)=N/O)c1ccccc1. The number of rotatable bonds is 6. The van der Waals surface area contributed by atoms with Gasteiger partial charge in [0.05, 0.1) is 0 Å². The van der Waals surface area contributed by atoms with Crippen molar-refractivity contribution >= 4 is 17.6 Å². The van der Waals surface area contributed by atoms with Crippen LogP contribution in [0.3, 0.4) is 0 Å².